The topological polar surface area (TPSA) is 94.0 Å². The molecule has 2 aromatic rings. The molecule has 23 heavy (non-hydrogen) atoms. The summed E-state index contributed by atoms with van der Waals surface area (Å²) in [7, 11) is 0. The largest absolute Gasteiger partial charge is 0.349 e. The van der Waals surface area contributed by atoms with Gasteiger partial charge in [-0.25, -0.2) is 0 Å². The molecule has 6 nitrogen and oxygen atoms in total. The van der Waals surface area contributed by atoms with Gasteiger partial charge >= 0.3 is 0 Å². The van der Waals surface area contributed by atoms with Gasteiger partial charge in [0.25, 0.3) is 11.8 Å². The van der Waals surface area contributed by atoms with E-state index in [1.165, 1.54) is 0 Å². The van der Waals surface area contributed by atoms with E-state index in [-0.39, 0.29) is 24.4 Å². The Bertz CT molecular complexity index is 674. The fourth-order valence-electron chi connectivity index (χ4n) is 3.03. The summed E-state index contributed by atoms with van der Waals surface area (Å²) in [5, 5.41) is 6.89. The van der Waals surface area contributed by atoms with Gasteiger partial charge in [0.2, 0.25) is 0 Å². The van der Waals surface area contributed by atoms with Crippen LogP contribution in [-0.4, -0.2) is 28.6 Å². The fraction of sp³-hybridized carbons (Fsp3) is 0.438. The predicted molar refractivity (Wildman–Crippen MR) is 89.4 cm³/mol. The van der Waals surface area contributed by atoms with Crippen LogP contribution >= 0.6 is 12.4 Å². The molecule has 0 spiro atoms. The van der Waals surface area contributed by atoms with Crippen molar-refractivity contribution in [3.63, 3.8) is 0 Å². The zero-order chi connectivity index (χ0) is 15.5. The average Bonchev–Trinajstić information content (AvgIpc) is 3.16. The zero-order valence-electron chi connectivity index (χ0n) is 13.0. The summed E-state index contributed by atoms with van der Waals surface area (Å²) in [6.07, 6.45) is 3.17. The monoisotopic (exact) mass is 336 g/mol. The van der Waals surface area contributed by atoms with E-state index in [0.717, 1.165) is 19.3 Å². The van der Waals surface area contributed by atoms with Crippen molar-refractivity contribution in [1.82, 2.24) is 15.5 Å². The van der Waals surface area contributed by atoms with E-state index in [0.29, 0.717) is 35.3 Å². The highest BCUT2D eigenvalue weighted by atomic mass is 35.5. The lowest BCUT2D eigenvalue weighted by Gasteiger charge is -2.20. The van der Waals surface area contributed by atoms with Crippen LogP contribution in [0, 0.1) is 12.8 Å². The number of hydrogen-bond donors (Lipinski definition) is 2. The van der Waals surface area contributed by atoms with E-state index < -0.39 is 0 Å². The molecule has 1 aromatic carbocycles. The Hall–Kier alpha value is -1.92. The number of halogens is 1. The van der Waals surface area contributed by atoms with E-state index in [1.54, 1.807) is 13.0 Å². The van der Waals surface area contributed by atoms with Crippen molar-refractivity contribution in [2.45, 2.75) is 32.2 Å². The Morgan fingerprint density at radius 3 is 2.87 bits per heavy atom. The molecule has 1 fully saturated rings. The Labute approximate surface area is 141 Å². The second-order valence-corrected chi connectivity index (χ2v) is 5.70. The molecule has 2 atom stereocenters. The van der Waals surface area contributed by atoms with E-state index in [9.17, 15) is 4.79 Å². The quantitative estimate of drug-likeness (QED) is 0.893. The molecule has 124 valence electrons. The van der Waals surface area contributed by atoms with Gasteiger partial charge in [-0.3, -0.25) is 4.79 Å². The second kappa shape index (κ2) is 7.57. The first kappa shape index (κ1) is 17.4. The van der Waals surface area contributed by atoms with E-state index in [4.69, 9.17) is 10.3 Å². The maximum absolute atomic E-state index is 12.6. The Morgan fingerprint density at radius 1 is 1.39 bits per heavy atom. The number of aromatic nitrogens is 2. The normalized spacial score (nSPS) is 20.1. The smallest absolute Gasteiger partial charge is 0.258 e. The SMILES string of the molecule is Cc1noc(-c2ccccc2C(=O)NC2CCCC2CN)n1.Cl. The van der Waals surface area contributed by atoms with Crippen molar-refractivity contribution in [2.24, 2.45) is 11.7 Å². The van der Waals surface area contributed by atoms with Crippen molar-refractivity contribution in [2.75, 3.05) is 6.54 Å². The van der Waals surface area contributed by atoms with Crippen LogP contribution in [0.4, 0.5) is 0 Å². The Kier molecular flexibility index (Phi) is 5.74. The zero-order valence-corrected chi connectivity index (χ0v) is 13.8. The third-order valence-corrected chi connectivity index (χ3v) is 4.21. The minimum absolute atomic E-state index is 0. The van der Waals surface area contributed by atoms with Crippen molar-refractivity contribution in [3.05, 3.63) is 35.7 Å². The number of amides is 1. The number of hydrogen-bond acceptors (Lipinski definition) is 5. The van der Waals surface area contributed by atoms with Crippen molar-refractivity contribution >= 4 is 18.3 Å². The first-order valence-corrected chi connectivity index (χ1v) is 7.59. The molecular formula is C16H21ClN4O2. The third-order valence-electron chi connectivity index (χ3n) is 4.21. The molecule has 1 saturated carbocycles. The van der Waals surface area contributed by atoms with Gasteiger partial charge in [0.15, 0.2) is 5.82 Å². The van der Waals surface area contributed by atoms with Crippen molar-refractivity contribution < 1.29 is 9.32 Å². The highest BCUT2D eigenvalue weighted by Gasteiger charge is 2.28. The van der Waals surface area contributed by atoms with Crippen LogP contribution < -0.4 is 11.1 Å². The van der Waals surface area contributed by atoms with Crippen LogP contribution in [-0.2, 0) is 0 Å². The summed E-state index contributed by atoms with van der Waals surface area (Å²) < 4.78 is 5.19. The number of nitrogens with one attached hydrogen (secondary N) is 1. The van der Waals surface area contributed by atoms with Gasteiger partial charge in [-0.15, -0.1) is 12.4 Å². The molecule has 3 rings (SSSR count). The van der Waals surface area contributed by atoms with Crippen LogP contribution in [0.15, 0.2) is 28.8 Å². The van der Waals surface area contributed by atoms with Crippen LogP contribution in [0.25, 0.3) is 11.5 Å². The van der Waals surface area contributed by atoms with Crippen LogP contribution in [0.1, 0.15) is 35.4 Å². The standard InChI is InChI=1S/C16H20N4O2.ClH/c1-10-18-16(22-20-10)13-7-3-2-6-12(13)15(21)19-14-8-4-5-11(14)9-17;/h2-3,6-7,11,14H,4-5,8-9,17H2,1H3,(H,19,21);1H. The van der Waals surface area contributed by atoms with Gasteiger partial charge in [0.1, 0.15) is 0 Å². The second-order valence-electron chi connectivity index (χ2n) is 5.70. The molecule has 0 bridgehead atoms. The van der Waals surface area contributed by atoms with Gasteiger partial charge in [-0.05, 0) is 44.4 Å². The summed E-state index contributed by atoms with van der Waals surface area (Å²) in [4.78, 5) is 16.8. The molecule has 1 heterocycles. The van der Waals surface area contributed by atoms with E-state index >= 15 is 0 Å². The van der Waals surface area contributed by atoms with Gasteiger partial charge < -0.3 is 15.6 Å². The van der Waals surface area contributed by atoms with Gasteiger partial charge in [-0.1, -0.05) is 23.7 Å². The summed E-state index contributed by atoms with van der Waals surface area (Å²) in [6.45, 7) is 2.36. The first-order chi connectivity index (χ1) is 10.7. The summed E-state index contributed by atoms with van der Waals surface area (Å²) in [5.41, 5.74) is 6.98. The number of benzene rings is 1. The predicted octanol–water partition coefficient (Wildman–Crippen LogP) is 2.32. The number of nitrogens with zero attached hydrogens (tertiary/aromatic N) is 2. The molecule has 0 radical (unpaired) electrons. The van der Waals surface area contributed by atoms with Gasteiger partial charge in [0.05, 0.1) is 11.1 Å². The molecule has 0 aliphatic heterocycles. The highest BCUT2D eigenvalue weighted by molar-refractivity contribution is 6.00. The third kappa shape index (κ3) is 3.71. The van der Waals surface area contributed by atoms with Crippen LogP contribution in [0.2, 0.25) is 0 Å². The lowest BCUT2D eigenvalue weighted by Crippen LogP contribution is -2.40. The van der Waals surface area contributed by atoms with Crippen LogP contribution in [0.5, 0.6) is 0 Å². The lowest BCUT2D eigenvalue weighted by atomic mass is 10.0. The van der Waals surface area contributed by atoms with Crippen molar-refractivity contribution in [1.29, 1.82) is 0 Å². The molecule has 1 aromatic heterocycles. The molecule has 0 saturated heterocycles. The Balaban J connectivity index is 0.00000192. The lowest BCUT2D eigenvalue weighted by molar-refractivity contribution is 0.0929. The maximum Gasteiger partial charge on any atom is 0.258 e. The fourth-order valence-corrected chi connectivity index (χ4v) is 3.03. The Morgan fingerprint density at radius 2 is 2.17 bits per heavy atom. The van der Waals surface area contributed by atoms with E-state index in [2.05, 4.69) is 15.5 Å². The molecule has 1 aliphatic rings. The van der Waals surface area contributed by atoms with Crippen LogP contribution in [0.3, 0.4) is 0 Å². The number of rotatable bonds is 4. The number of carbonyl (C=O) groups excluding carboxylic acids is 1. The summed E-state index contributed by atoms with van der Waals surface area (Å²) >= 11 is 0. The number of carbonyl (C=O) groups is 1. The maximum atomic E-state index is 12.6. The summed E-state index contributed by atoms with van der Waals surface area (Å²) in [6, 6.07) is 7.42. The van der Waals surface area contributed by atoms with E-state index in [1.807, 2.05) is 18.2 Å². The highest BCUT2D eigenvalue weighted by Crippen LogP contribution is 2.26. The molecule has 2 unspecified atom stereocenters. The molecule has 1 amide bonds. The summed E-state index contributed by atoms with van der Waals surface area (Å²) in [5.74, 6) is 1.16. The molecule has 1 aliphatic carbocycles. The van der Waals surface area contributed by atoms with Gasteiger partial charge in [-0.2, -0.15) is 4.98 Å². The number of aryl methyl sites for hydroxylation is 1. The molecule has 7 heteroatoms. The van der Waals surface area contributed by atoms with Gasteiger partial charge in [0, 0.05) is 6.04 Å². The minimum atomic E-state index is -0.114. The molecule has 3 N–H and O–H groups in total. The molecular weight excluding hydrogens is 316 g/mol. The minimum Gasteiger partial charge on any atom is -0.349 e. The van der Waals surface area contributed by atoms with Crippen molar-refractivity contribution in [3.8, 4) is 11.5 Å². The average molecular weight is 337 g/mol. The number of nitrogens with two attached hydrogens (primary N) is 1. The first-order valence-electron chi connectivity index (χ1n) is 7.59.